The second kappa shape index (κ2) is 7.10. The van der Waals surface area contributed by atoms with Gasteiger partial charge in [0, 0.05) is 16.8 Å². The van der Waals surface area contributed by atoms with Crippen LogP contribution in [0.5, 0.6) is 0 Å². The van der Waals surface area contributed by atoms with Gasteiger partial charge in [-0.2, -0.15) is 0 Å². The van der Waals surface area contributed by atoms with Crippen LogP contribution in [0.1, 0.15) is 23.7 Å². The molecule has 138 valence electrons. The van der Waals surface area contributed by atoms with Crippen molar-refractivity contribution in [1.29, 1.82) is 0 Å². The van der Waals surface area contributed by atoms with Crippen molar-refractivity contribution in [1.82, 2.24) is 14.9 Å². The van der Waals surface area contributed by atoms with Crippen molar-refractivity contribution < 1.29 is 4.42 Å². The van der Waals surface area contributed by atoms with E-state index in [1.807, 2.05) is 36.4 Å². The molecule has 0 aliphatic heterocycles. The first-order valence-corrected chi connectivity index (χ1v) is 9.19. The summed E-state index contributed by atoms with van der Waals surface area (Å²) in [7, 11) is 4.10. The summed E-state index contributed by atoms with van der Waals surface area (Å²) in [4.78, 5) is 11.8. The molecule has 1 unspecified atom stereocenters. The van der Waals surface area contributed by atoms with Crippen LogP contribution in [0.15, 0.2) is 52.9 Å². The number of benzene rings is 2. The fourth-order valence-corrected chi connectivity index (χ4v) is 3.34. The average Bonchev–Trinajstić information content (AvgIpc) is 3.10. The van der Waals surface area contributed by atoms with E-state index < -0.39 is 0 Å². The Hall–Kier alpha value is -2.76. The van der Waals surface area contributed by atoms with E-state index in [9.17, 15) is 0 Å². The van der Waals surface area contributed by atoms with Gasteiger partial charge in [0.1, 0.15) is 5.58 Å². The number of aromatic nitrogens is 2. The third-order valence-corrected chi connectivity index (χ3v) is 4.84. The van der Waals surface area contributed by atoms with Crippen molar-refractivity contribution in [2.24, 2.45) is 5.73 Å². The lowest BCUT2D eigenvalue weighted by molar-refractivity contribution is 0.381. The largest absolute Gasteiger partial charge is 0.453 e. The molecule has 0 radical (unpaired) electrons. The maximum absolute atomic E-state index is 6.53. The van der Waals surface area contributed by atoms with Crippen LogP contribution in [0.3, 0.4) is 0 Å². The summed E-state index contributed by atoms with van der Waals surface area (Å²) in [6, 6.07) is 15.9. The van der Waals surface area contributed by atoms with Crippen LogP contribution in [-0.4, -0.2) is 35.5 Å². The minimum absolute atomic E-state index is 0.164. The molecule has 5 heteroatoms. The van der Waals surface area contributed by atoms with Gasteiger partial charge in [-0.25, -0.2) is 9.97 Å². The Balaban J connectivity index is 1.87. The fraction of sp³-hybridized carbons (Fsp3) is 0.273. The fourth-order valence-electron chi connectivity index (χ4n) is 3.34. The first-order valence-electron chi connectivity index (χ1n) is 9.19. The van der Waals surface area contributed by atoms with E-state index >= 15 is 0 Å². The number of fused-ring (bicyclic) bond motifs is 2. The van der Waals surface area contributed by atoms with Gasteiger partial charge in [-0.05, 0) is 51.7 Å². The molecule has 27 heavy (non-hydrogen) atoms. The lowest BCUT2D eigenvalue weighted by atomic mass is 10.0. The summed E-state index contributed by atoms with van der Waals surface area (Å²) >= 11 is 0. The van der Waals surface area contributed by atoms with E-state index in [-0.39, 0.29) is 6.04 Å². The van der Waals surface area contributed by atoms with E-state index in [1.165, 1.54) is 0 Å². The van der Waals surface area contributed by atoms with Crippen LogP contribution in [0.25, 0.3) is 33.5 Å². The average molecular weight is 360 g/mol. The molecule has 0 spiro atoms. The molecule has 0 saturated carbocycles. The number of para-hydroxylation sites is 2. The number of furan rings is 1. The molecule has 4 rings (SSSR count). The molecule has 0 aliphatic carbocycles. The summed E-state index contributed by atoms with van der Waals surface area (Å²) in [5.41, 5.74) is 10.3. The highest BCUT2D eigenvalue weighted by Gasteiger charge is 2.18. The van der Waals surface area contributed by atoms with Gasteiger partial charge < -0.3 is 15.1 Å². The highest BCUT2D eigenvalue weighted by atomic mass is 16.3. The van der Waals surface area contributed by atoms with Crippen LogP contribution in [-0.2, 0) is 0 Å². The zero-order valence-corrected chi connectivity index (χ0v) is 15.9. The van der Waals surface area contributed by atoms with E-state index in [4.69, 9.17) is 20.1 Å². The van der Waals surface area contributed by atoms with E-state index in [2.05, 4.69) is 38.1 Å². The molecule has 4 aromatic rings. The molecule has 2 aromatic carbocycles. The Morgan fingerprint density at radius 2 is 1.89 bits per heavy atom. The Bertz CT molecular complexity index is 1070. The molecule has 0 saturated heterocycles. The SMILES string of the molecule is Cc1cccc2c(C(N)CCN(C)C)nc(-c3cc4ccccc4o3)nc12. The normalized spacial score (nSPS) is 12.9. The van der Waals surface area contributed by atoms with E-state index in [0.29, 0.717) is 11.6 Å². The molecule has 2 aromatic heterocycles. The maximum Gasteiger partial charge on any atom is 0.196 e. The van der Waals surface area contributed by atoms with Gasteiger partial charge in [-0.3, -0.25) is 0 Å². The highest BCUT2D eigenvalue weighted by Crippen LogP contribution is 2.30. The third-order valence-electron chi connectivity index (χ3n) is 4.84. The van der Waals surface area contributed by atoms with Gasteiger partial charge in [0.25, 0.3) is 0 Å². The molecule has 1 atom stereocenters. The molecule has 0 bridgehead atoms. The number of nitrogens with two attached hydrogens (primary N) is 1. The van der Waals surface area contributed by atoms with Gasteiger partial charge in [0.15, 0.2) is 11.6 Å². The van der Waals surface area contributed by atoms with Crippen LogP contribution >= 0.6 is 0 Å². The Morgan fingerprint density at radius 1 is 1.07 bits per heavy atom. The molecule has 0 aliphatic rings. The van der Waals surface area contributed by atoms with E-state index in [1.54, 1.807) is 0 Å². The lowest BCUT2D eigenvalue weighted by Gasteiger charge is -2.17. The van der Waals surface area contributed by atoms with Gasteiger partial charge in [0.05, 0.1) is 11.2 Å². The third kappa shape index (κ3) is 3.44. The molecule has 5 nitrogen and oxygen atoms in total. The van der Waals surface area contributed by atoms with Crippen molar-refractivity contribution in [2.75, 3.05) is 20.6 Å². The topological polar surface area (TPSA) is 68.2 Å². The van der Waals surface area contributed by atoms with Gasteiger partial charge in [0.2, 0.25) is 0 Å². The monoisotopic (exact) mass is 360 g/mol. The minimum atomic E-state index is -0.164. The standard InChI is InChI=1S/C22H24N4O/c1-14-7-6-9-16-20(14)24-22(25-21(16)17(23)11-12-26(2)3)19-13-15-8-4-5-10-18(15)27-19/h4-10,13,17H,11-12,23H2,1-3H3. The number of hydrogen-bond acceptors (Lipinski definition) is 5. The second-order valence-electron chi connectivity index (χ2n) is 7.25. The van der Waals surface area contributed by atoms with Crippen molar-refractivity contribution in [2.45, 2.75) is 19.4 Å². The predicted molar refractivity (Wildman–Crippen MR) is 110 cm³/mol. The zero-order chi connectivity index (χ0) is 19.0. The Kier molecular flexibility index (Phi) is 4.64. The van der Waals surface area contributed by atoms with Crippen molar-refractivity contribution in [3.8, 4) is 11.6 Å². The Morgan fingerprint density at radius 3 is 2.67 bits per heavy atom. The molecule has 0 amide bonds. The van der Waals surface area contributed by atoms with Crippen LogP contribution in [0, 0.1) is 6.92 Å². The van der Waals surface area contributed by atoms with Gasteiger partial charge >= 0.3 is 0 Å². The van der Waals surface area contributed by atoms with Crippen molar-refractivity contribution >= 4 is 21.9 Å². The van der Waals surface area contributed by atoms with Gasteiger partial charge in [-0.15, -0.1) is 0 Å². The number of rotatable bonds is 5. The zero-order valence-electron chi connectivity index (χ0n) is 15.9. The quantitative estimate of drug-likeness (QED) is 0.574. The number of aryl methyl sites for hydroxylation is 1. The molecular weight excluding hydrogens is 336 g/mol. The summed E-state index contributed by atoms with van der Waals surface area (Å²) in [5.74, 6) is 1.26. The van der Waals surface area contributed by atoms with Crippen LogP contribution < -0.4 is 5.73 Å². The smallest absolute Gasteiger partial charge is 0.196 e. The summed E-state index contributed by atoms with van der Waals surface area (Å²) in [6.45, 7) is 2.96. The maximum atomic E-state index is 6.53. The molecule has 0 fully saturated rings. The number of hydrogen-bond donors (Lipinski definition) is 1. The Labute approximate surface area is 158 Å². The minimum Gasteiger partial charge on any atom is -0.453 e. The molecule has 2 heterocycles. The van der Waals surface area contributed by atoms with Gasteiger partial charge in [-0.1, -0.05) is 36.4 Å². The molecule has 2 N–H and O–H groups in total. The second-order valence-corrected chi connectivity index (χ2v) is 7.25. The first kappa shape index (κ1) is 17.6. The van der Waals surface area contributed by atoms with Crippen LogP contribution in [0.2, 0.25) is 0 Å². The summed E-state index contributed by atoms with van der Waals surface area (Å²) in [5, 5.41) is 2.06. The predicted octanol–water partition coefficient (Wildman–Crippen LogP) is 4.30. The van der Waals surface area contributed by atoms with Crippen molar-refractivity contribution in [3.05, 3.63) is 59.8 Å². The number of nitrogens with zero attached hydrogens (tertiary/aromatic N) is 3. The van der Waals surface area contributed by atoms with E-state index in [0.717, 1.165) is 46.1 Å². The summed E-state index contributed by atoms with van der Waals surface area (Å²) < 4.78 is 6.00. The van der Waals surface area contributed by atoms with Crippen LogP contribution in [0.4, 0.5) is 0 Å². The molecular formula is C22H24N4O. The lowest BCUT2D eigenvalue weighted by Crippen LogP contribution is -2.21. The first-order chi connectivity index (χ1) is 13.0. The highest BCUT2D eigenvalue weighted by molar-refractivity contribution is 5.87. The summed E-state index contributed by atoms with van der Waals surface area (Å²) in [6.07, 6.45) is 0.826. The van der Waals surface area contributed by atoms with Crippen molar-refractivity contribution in [3.63, 3.8) is 0 Å².